The van der Waals surface area contributed by atoms with Crippen LogP contribution in [0.4, 0.5) is 5.69 Å². The average molecular weight is 377 g/mol. The molecule has 1 saturated heterocycles. The maximum absolute atomic E-state index is 12.9. The summed E-state index contributed by atoms with van der Waals surface area (Å²) in [5.74, 6) is 1.22. The van der Waals surface area contributed by atoms with Crippen LogP contribution in [0.25, 0.3) is 0 Å². The summed E-state index contributed by atoms with van der Waals surface area (Å²) in [5.41, 5.74) is 0.167. The number of hydrogen-bond acceptors (Lipinski definition) is 6. The molecule has 3 rings (SSSR count). The molecule has 1 amide bonds. The number of nitro benzene ring substituents is 1. The van der Waals surface area contributed by atoms with E-state index in [0.29, 0.717) is 35.9 Å². The highest BCUT2D eigenvalue weighted by Crippen LogP contribution is 2.44. The fourth-order valence-corrected chi connectivity index (χ4v) is 4.46. The zero-order valence-electron chi connectivity index (χ0n) is 15.9. The van der Waals surface area contributed by atoms with Gasteiger partial charge in [-0.15, -0.1) is 0 Å². The number of benzene rings is 1. The summed E-state index contributed by atoms with van der Waals surface area (Å²) in [5, 5.41) is 17.8. The Hall–Kier alpha value is -2.35. The monoisotopic (exact) mass is 377 g/mol. The Morgan fingerprint density at radius 3 is 2.78 bits per heavy atom. The van der Waals surface area contributed by atoms with Gasteiger partial charge in [0.2, 0.25) is 5.91 Å². The van der Waals surface area contributed by atoms with E-state index in [0.717, 1.165) is 32.4 Å². The highest BCUT2D eigenvalue weighted by atomic mass is 16.6. The van der Waals surface area contributed by atoms with E-state index >= 15 is 0 Å². The van der Waals surface area contributed by atoms with Crippen molar-refractivity contribution in [2.45, 2.75) is 32.1 Å². The lowest BCUT2D eigenvalue weighted by molar-refractivity contribution is -0.385. The number of fused-ring (bicyclic) bond motifs is 1. The van der Waals surface area contributed by atoms with Crippen LogP contribution in [0.15, 0.2) is 12.1 Å². The highest BCUT2D eigenvalue weighted by Gasteiger charge is 2.49. The highest BCUT2D eigenvalue weighted by molar-refractivity contribution is 5.84. The Morgan fingerprint density at radius 1 is 1.33 bits per heavy atom. The van der Waals surface area contributed by atoms with Crippen LogP contribution in [0.1, 0.15) is 31.2 Å². The van der Waals surface area contributed by atoms with Gasteiger partial charge >= 0.3 is 0 Å². The van der Waals surface area contributed by atoms with Crippen LogP contribution in [-0.4, -0.2) is 44.7 Å². The third kappa shape index (κ3) is 3.71. The minimum absolute atomic E-state index is 0.0295. The molecule has 2 aliphatic rings. The second-order valence-corrected chi connectivity index (χ2v) is 7.33. The first kappa shape index (κ1) is 19.4. The van der Waals surface area contributed by atoms with E-state index in [2.05, 4.69) is 10.6 Å². The van der Waals surface area contributed by atoms with Crippen LogP contribution in [0, 0.1) is 21.4 Å². The molecule has 0 bridgehead atoms. The lowest BCUT2D eigenvalue weighted by atomic mass is 9.67. The normalized spacial score (nSPS) is 24.1. The van der Waals surface area contributed by atoms with E-state index in [1.165, 1.54) is 26.7 Å². The molecule has 8 nitrogen and oxygen atoms in total. The Morgan fingerprint density at radius 2 is 2.07 bits per heavy atom. The summed E-state index contributed by atoms with van der Waals surface area (Å²) in [4.78, 5) is 23.9. The van der Waals surface area contributed by atoms with Gasteiger partial charge in [0.15, 0.2) is 11.5 Å². The van der Waals surface area contributed by atoms with Crippen molar-refractivity contribution in [3.63, 3.8) is 0 Å². The first-order chi connectivity index (χ1) is 13.0. The van der Waals surface area contributed by atoms with Gasteiger partial charge in [-0.1, -0.05) is 12.8 Å². The molecule has 1 aromatic carbocycles. The number of amides is 1. The van der Waals surface area contributed by atoms with Gasteiger partial charge in [-0.2, -0.15) is 0 Å². The third-order valence-electron chi connectivity index (χ3n) is 5.95. The third-order valence-corrected chi connectivity index (χ3v) is 5.95. The minimum atomic E-state index is -0.435. The lowest BCUT2D eigenvalue weighted by Crippen LogP contribution is -2.48. The Balaban J connectivity index is 1.69. The molecule has 0 radical (unpaired) electrons. The second-order valence-electron chi connectivity index (χ2n) is 7.33. The number of carbonyl (C=O) groups excluding carboxylic acids is 1. The Labute approximate surface area is 158 Å². The van der Waals surface area contributed by atoms with E-state index in [4.69, 9.17) is 9.47 Å². The van der Waals surface area contributed by atoms with Gasteiger partial charge in [0.05, 0.1) is 30.6 Å². The zero-order chi connectivity index (χ0) is 19.4. The van der Waals surface area contributed by atoms with Crippen molar-refractivity contribution in [1.82, 2.24) is 10.6 Å². The van der Waals surface area contributed by atoms with Gasteiger partial charge in [-0.25, -0.2) is 0 Å². The number of nitrogens with one attached hydrogen (secondary N) is 2. The standard InChI is InChI=1S/C19H27N3O5/c1-26-16-9-13(15(22(24)25)10-17(16)27-2)6-8-21-18(23)19-7-4-3-5-14(19)11-20-12-19/h9-10,14,20H,3-8,11-12H2,1-2H3,(H,21,23)/t14-,19+/m0/s1. The number of carbonyl (C=O) groups is 1. The summed E-state index contributed by atoms with van der Waals surface area (Å²) < 4.78 is 10.4. The van der Waals surface area contributed by atoms with Gasteiger partial charge in [-0.05, 0) is 37.8 Å². The van der Waals surface area contributed by atoms with Crippen LogP contribution in [-0.2, 0) is 11.2 Å². The average Bonchev–Trinajstić information content (AvgIpc) is 3.12. The van der Waals surface area contributed by atoms with Crippen LogP contribution in [0.2, 0.25) is 0 Å². The summed E-state index contributed by atoms with van der Waals surface area (Å²) in [6, 6.07) is 2.98. The molecule has 148 valence electrons. The minimum Gasteiger partial charge on any atom is -0.493 e. The van der Waals surface area contributed by atoms with Crippen LogP contribution < -0.4 is 20.1 Å². The second kappa shape index (κ2) is 8.12. The molecule has 2 fully saturated rings. The molecule has 1 saturated carbocycles. The number of ether oxygens (including phenoxy) is 2. The van der Waals surface area contributed by atoms with E-state index in [1.807, 2.05) is 0 Å². The van der Waals surface area contributed by atoms with Crippen molar-refractivity contribution in [3.05, 3.63) is 27.8 Å². The predicted molar refractivity (Wildman–Crippen MR) is 100 cm³/mol. The first-order valence-electron chi connectivity index (χ1n) is 9.40. The van der Waals surface area contributed by atoms with Gasteiger partial charge in [0.1, 0.15) is 0 Å². The van der Waals surface area contributed by atoms with Crippen molar-refractivity contribution in [3.8, 4) is 11.5 Å². The molecule has 2 N–H and O–H groups in total. The van der Waals surface area contributed by atoms with Gasteiger partial charge in [-0.3, -0.25) is 14.9 Å². The molecular formula is C19H27N3O5. The SMILES string of the molecule is COc1cc(CCNC(=O)[C@@]23CCCC[C@H]2CNC3)c([N+](=O)[O-])cc1OC. The maximum atomic E-state index is 12.9. The van der Waals surface area contributed by atoms with Gasteiger partial charge in [0, 0.05) is 18.7 Å². The summed E-state index contributed by atoms with van der Waals surface area (Å²) >= 11 is 0. The molecule has 1 aliphatic heterocycles. The van der Waals surface area contributed by atoms with E-state index in [1.54, 1.807) is 6.07 Å². The quantitative estimate of drug-likeness (QED) is 0.557. The molecule has 27 heavy (non-hydrogen) atoms. The summed E-state index contributed by atoms with van der Waals surface area (Å²) in [7, 11) is 2.93. The number of rotatable bonds is 7. The van der Waals surface area contributed by atoms with Crippen LogP contribution >= 0.6 is 0 Å². The fraction of sp³-hybridized carbons (Fsp3) is 0.632. The van der Waals surface area contributed by atoms with Gasteiger partial charge in [0.25, 0.3) is 5.69 Å². The van der Waals surface area contributed by atoms with Crippen molar-refractivity contribution in [2.75, 3.05) is 33.9 Å². The molecular weight excluding hydrogens is 350 g/mol. The molecule has 2 atom stereocenters. The van der Waals surface area contributed by atoms with Crippen molar-refractivity contribution in [2.24, 2.45) is 11.3 Å². The van der Waals surface area contributed by atoms with E-state index in [-0.39, 0.29) is 17.0 Å². The van der Waals surface area contributed by atoms with Crippen LogP contribution in [0.5, 0.6) is 11.5 Å². The molecule has 0 unspecified atom stereocenters. The molecule has 0 spiro atoms. The zero-order valence-corrected chi connectivity index (χ0v) is 15.9. The van der Waals surface area contributed by atoms with Crippen molar-refractivity contribution < 1.29 is 19.2 Å². The first-order valence-corrected chi connectivity index (χ1v) is 9.40. The van der Waals surface area contributed by atoms with Crippen molar-refractivity contribution in [1.29, 1.82) is 0 Å². The van der Waals surface area contributed by atoms with E-state index < -0.39 is 4.92 Å². The Kier molecular flexibility index (Phi) is 5.84. The van der Waals surface area contributed by atoms with Crippen LogP contribution in [0.3, 0.4) is 0 Å². The van der Waals surface area contributed by atoms with Gasteiger partial charge < -0.3 is 20.1 Å². The maximum Gasteiger partial charge on any atom is 0.276 e. The largest absolute Gasteiger partial charge is 0.493 e. The Bertz CT molecular complexity index is 724. The molecule has 0 aromatic heterocycles. The summed E-state index contributed by atoms with van der Waals surface area (Å²) in [6.45, 7) is 1.97. The smallest absolute Gasteiger partial charge is 0.276 e. The predicted octanol–water partition coefficient (Wildman–Crippen LogP) is 2.05. The van der Waals surface area contributed by atoms with Crippen molar-refractivity contribution >= 4 is 11.6 Å². The number of methoxy groups -OCH3 is 2. The summed E-state index contributed by atoms with van der Waals surface area (Å²) in [6.07, 6.45) is 4.61. The fourth-order valence-electron chi connectivity index (χ4n) is 4.46. The number of nitrogens with zero attached hydrogens (tertiary/aromatic N) is 1. The molecule has 1 heterocycles. The molecule has 1 aliphatic carbocycles. The lowest BCUT2D eigenvalue weighted by Gasteiger charge is -2.37. The number of hydrogen-bond donors (Lipinski definition) is 2. The molecule has 8 heteroatoms. The van der Waals surface area contributed by atoms with E-state index in [9.17, 15) is 14.9 Å². The molecule has 1 aromatic rings. The number of nitro groups is 1. The topological polar surface area (TPSA) is 103 Å².